The van der Waals surface area contributed by atoms with Gasteiger partial charge < -0.3 is 10.6 Å². The van der Waals surface area contributed by atoms with E-state index in [9.17, 15) is 13.2 Å². The van der Waals surface area contributed by atoms with Gasteiger partial charge in [-0.25, -0.2) is 8.42 Å². The number of carbonyl (C=O) groups excluding carboxylic acids is 1. The molecule has 1 fully saturated rings. The van der Waals surface area contributed by atoms with E-state index in [1.807, 2.05) is 6.07 Å². The van der Waals surface area contributed by atoms with Crippen molar-refractivity contribution in [1.82, 2.24) is 15.5 Å². The first-order valence-electron chi connectivity index (χ1n) is 7.08. The summed E-state index contributed by atoms with van der Waals surface area (Å²) < 4.78 is 23.1. The van der Waals surface area contributed by atoms with Gasteiger partial charge in [-0.15, -0.1) is 0 Å². The minimum atomic E-state index is -3.52. The molecule has 0 atom stereocenters. The number of aromatic nitrogens is 2. The Hall–Kier alpha value is -1.93. The summed E-state index contributed by atoms with van der Waals surface area (Å²) in [6.45, 7) is 1.02. The van der Waals surface area contributed by atoms with Gasteiger partial charge in [-0.1, -0.05) is 12.1 Å². The molecule has 1 aliphatic rings. The number of carbonyl (C=O) groups is 1. The van der Waals surface area contributed by atoms with E-state index in [2.05, 4.69) is 20.8 Å². The van der Waals surface area contributed by atoms with Crippen LogP contribution in [-0.4, -0.2) is 48.6 Å². The average molecular weight is 322 g/mol. The summed E-state index contributed by atoms with van der Waals surface area (Å²) in [5, 5.41) is 13.5. The first-order chi connectivity index (χ1) is 10.4. The van der Waals surface area contributed by atoms with Crippen molar-refractivity contribution in [2.75, 3.05) is 24.7 Å². The first kappa shape index (κ1) is 15.0. The Kier molecular flexibility index (Phi) is 3.65. The van der Waals surface area contributed by atoms with E-state index in [1.54, 1.807) is 18.3 Å². The molecule has 3 N–H and O–H groups in total. The Balaban J connectivity index is 1.97. The normalized spacial score (nSPS) is 18.2. The number of fused-ring (bicyclic) bond motifs is 1. The monoisotopic (exact) mass is 322 g/mol. The van der Waals surface area contributed by atoms with Gasteiger partial charge in [0, 0.05) is 11.6 Å². The van der Waals surface area contributed by atoms with Gasteiger partial charge in [0.2, 0.25) is 5.91 Å². The Morgan fingerprint density at radius 1 is 1.32 bits per heavy atom. The van der Waals surface area contributed by atoms with Crippen molar-refractivity contribution < 1.29 is 13.2 Å². The number of nitrogens with zero attached hydrogens (tertiary/aromatic N) is 1. The molecule has 2 heterocycles. The van der Waals surface area contributed by atoms with Crippen LogP contribution in [0.5, 0.6) is 0 Å². The quantitative estimate of drug-likeness (QED) is 0.770. The summed E-state index contributed by atoms with van der Waals surface area (Å²) in [4.78, 5) is 12.7. The fourth-order valence-corrected chi connectivity index (χ4v) is 4.24. The van der Waals surface area contributed by atoms with Crippen LogP contribution in [-0.2, 0) is 14.6 Å². The fourth-order valence-electron chi connectivity index (χ4n) is 2.91. The highest BCUT2D eigenvalue weighted by molar-refractivity contribution is 7.92. The Morgan fingerprint density at radius 3 is 2.73 bits per heavy atom. The van der Waals surface area contributed by atoms with E-state index in [-0.39, 0.29) is 12.8 Å². The second-order valence-electron chi connectivity index (χ2n) is 5.61. The lowest BCUT2D eigenvalue weighted by Gasteiger charge is -2.34. The number of hydrogen-bond donors (Lipinski definition) is 3. The molecule has 7 nitrogen and oxygen atoms in total. The van der Waals surface area contributed by atoms with Crippen LogP contribution in [0.15, 0.2) is 24.4 Å². The minimum Gasteiger partial charge on any atom is -0.323 e. The number of amides is 1. The van der Waals surface area contributed by atoms with Crippen LogP contribution in [0, 0.1) is 0 Å². The van der Waals surface area contributed by atoms with E-state index in [0.717, 1.165) is 11.6 Å². The van der Waals surface area contributed by atoms with Crippen molar-refractivity contribution in [3.63, 3.8) is 0 Å². The SMILES string of the molecule is CS(=O)(=O)C1(C(=O)Nc2cccc3cn[nH]c23)CCNCC1. The van der Waals surface area contributed by atoms with E-state index in [4.69, 9.17) is 0 Å². The second kappa shape index (κ2) is 5.36. The standard InChI is InChI=1S/C14H18N4O3S/c1-22(20,21)14(5-7-15-8-6-14)13(19)17-11-4-2-3-10-9-16-18-12(10)11/h2-4,9,15H,5-8H2,1H3,(H,16,18)(H,17,19). The van der Waals surface area contributed by atoms with Crippen LogP contribution in [0.1, 0.15) is 12.8 Å². The number of H-pyrrole nitrogens is 1. The summed E-state index contributed by atoms with van der Waals surface area (Å²) in [6.07, 6.45) is 3.34. The lowest BCUT2D eigenvalue weighted by atomic mass is 9.95. The van der Waals surface area contributed by atoms with Gasteiger partial charge in [-0.3, -0.25) is 9.89 Å². The van der Waals surface area contributed by atoms with E-state index in [0.29, 0.717) is 24.3 Å². The van der Waals surface area contributed by atoms with Crippen molar-refractivity contribution in [2.24, 2.45) is 0 Å². The molecule has 8 heteroatoms. The predicted octanol–water partition coefficient (Wildman–Crippen LogP) is 0.668. The fraction of sp³-hybridized carbons (Fsp3) is 0.429. The zero-order valence-corrected chi connectivity index (χ0v) is 13.0. The van der Waals surface area contributed by atoms with Crippen molar-refractivity contribution >= 4 is 32.3 Å². The van der Waals surface area contributed by atoms with Crippen LogP contribution < -0.4 is 10.6 Å². The Morgan fingerprint density at radius 2 is 2.05 bits per heavy atom. The molecule has 0 saturated carbocycles. The highest BCUT2D eigenvalue weighted by Crippen LogP contribution is 2.30. The average Bonchev–Trinajstić information content (AvgIpc) is 2.96. The molecule has 0 aliphatic carbocycles. The Bertz CT molecular complexity index is 806. The molecule has 0 unspecified atom stereocenters. The Labute approximate surface area is 128 Å². The highest BCUT2D eigenvalue weighted by Gasteiger charge is 2.48. The molecule has 2 aromatic rings. The van der Waals surface area contributed by atoms with Crippen LogP contribution in [0.3, 0.4) is 0 Å². The number of hydrogen-bond acceptors (Lipinski definition) is 5. The lowest BCUT2D eigenvalue weighted by Crippen LogP contribution is -2.55. The van der Waals surface area contributed by atoms with Crippen LogP contribution in [0.2, 0.25) is 0 Å². The van der Waals surface area contributed by atoms with Crippen molar-refractivity contribution in [3.8, 4) is 0 Å². The maximum atomic E-state index is 12.7. The molecule has 0 bridgehead atoms. The van der Waals surface area contributed by atoms with Crippen LogP contribution in [0.4, 0.5) is 5.69 Å². The number of piperidine rings is 1. The van der Waals surface area contributed by atoms with Crippen molar-refractivity contribution in [3.05, 3.63) is 24.4 Å². The number of nitrogens with one attached hydrogen (secondary N) is 3. The number of sulfone groups is 1. The molecule has 1 aliphatic heterocycles. The van der Waals surface area contributed by atoms with Crippen molar-refractivity contribution in [2.45, 2.75) is 17.6 Å². The third kappa shape index (κ3) is 2.38. The molecule has 118 valence electrons. The summed E-state index contributed by atoms with van der Waals surface area (Å²) in [7, 11) is -3.52. The molecule has 1 aromatic carbocycles. The van der Waals surface area contributed by atoms with Gasteiger partial charge in [0.1, 0.15) is 0 Å². The minimum absolute atomic E-state index is 0.274. The predicted molar refractivity (Wildman–Crippen MR) is 84.4 cm³/mol. The van der Waals surface area contributed by atoms with Gasteiger partial charge in [-0.2, -0.15) is 5.10 Å². The first-order valence-corrected chi connectivity index (χ1v) is 8.97. The third-order valence-corrected chi connectivity index (χ3v) is 6.27. The zero-order chi connectivity index (χ0) is 15.8. The smallest absolute Gasteiger partial charge is 0.245 e. The van der Waals surface area contributed by atoms with E-state index >= 15 is 0 Å². The van der Waals surface area contributed by atoms with Crippen LogP contribution >= 0.6 is 0 Å². The number of para-hydroxylation sites is 1. The molecule has 0 radical (unpaired) electrons. The van der Waals surface area contributed by atoms with Gasteiger partial charge in [0.05, 0.1) is 17.4 Å². The van der Waals surface area contributed by atoms with Gasteiger partial charge in [0.25, 0.3) is 0 Å². The summed E-state index contributed by atoms with van der Waals surface area (Å²) in [5.41, 5.74) is 1.23. The molecule has 1 saturated heterocycles. The molecule has 22 heavy (non-hydrogen) atoms. The zero-order valence-electron chi connectivity index (χ0n) is 12.2. The van der Waals surface area contributed by atoms with Gasteiger partial charge in [-0.05, 0) is 32.0 Å². The second-order valence-corrected chi connectivity index (χ2v) is 7.94. The molecule has 0 spiro atoms. The number of benzene rings is 1. The van der Waals surface area contributed by atoms with E-state index < -0.39 is 20.5 Å². The topological polar surface area (TPSA) is 104 Å². The lowest BCUT2D eigenvalue weighted by molar-refractivity contribution is -0.119. The van der Waals surface area contributed by atoms with Gasteiger partial charge >= 0.3 is 0 Å². The molecular formula is C14H18N4O3S. The van der Waals surface area contributed by atoms with Crippen LogP contribution in [0.25, 0.3) is 10.9 Å². The third-order valence-electron chi connectivity index (χ3n) is 4.26. The van der Waals surface area contributed by atoms with Gasteiger partial charge in [0.15, 0.2) is 14.6 Å². The molecule has 1 aromatic heterocycles. The number of anilines is 1. The molecule has 3 rings (SSSR count). The largest absolute Gasteiger partial charge is 0.323 e. The highest BCUT2D eigenvalue weighted by atomic mass is 32.2. The number of rotatable bonds is 3. The summed E-state index contributed by atoms with van der Waals surface area (Å²) >= 11 is 0. The molecular weight excluding hydrogens is 304 g/mol. The van der Waals surface area contributed by atoms with Crippen molar-refractivity contribution in [1.29, 1.82) is 0 Å². The maximum Gasteiger partial charge on any atom is 0.245 e. The summed E-state index contributed by atoms with van der Waals surface area (Å²) in [5.74, 6) is -0.474. The summed E-state index contributed by atoms with van der Waals surface area (Å²) in [6, 6.07) is 5.39. The number of aromatic amines is 1. The maximum absolute atomic E-state index is 12.7. The van der Waals surface area contributed by atoms with E-state index in [1.165, 1.54) is 0 Å². The molecule has 1 amide bonds.